The van der Waals surface area contributed by atoms with Crippen LogP contribution in [0.4, 0.5) is 13.2 Å². The first-order chi connectivity index (χ1) is 10.2. The summed E-state index contributed by atoms with van der Waals surface area (Å²) in [5.74, 6) is -5.12. The van der Waals surface area contributed by atoms with E-state index in [-0.39, 0.29) is 12.1 Å². The number of halogens is 3. The lowest BCUT2D eigenvalue weighted by atomic mass is 10.1. The Bertz CT molecular complexity index is 733. The summed E-state index contributed by atoms with van der Waals surface area (Å²) < 4.78 is 41.4. The number of carbonyl (C=O) groups excluding carboxylic acids is 1. The van der Waals surface area contributed by atoms with Crippen molar-refractivity contribution < 1.29 is 18.0 Å². The fourth-order valence-electron chi connectivity index (χ4n) is 2.38. The first-order valence-electron chi connectivity index (χ1n) is 6.94. The lowest BCUT2D eigenvalue weighted by Crippen LogP contribution is -2.58. The average Bonchev–Trinajstić information content (AvgIpc) is 2.87. The molecule has 1 amide bonds. The Morgan fingerprint density at radius 2 is 2.09 bits per heavy atom. The van der Waals surface area contributed by atoms with Gasteiger partial charge in [0, 0.05) is 11.6 Å². The quantitative estimate of drug-likeness (QED) is 0.875. The van der Waals surface area contributed by atoms with Gasteiger partial charge in [-0.05, 0) is 19.4 Å². The Labute approximate surface area is 124 Å². The number of hydrogen-bond acceptors (Lipinski definition) is 3. The van der Waals surface area contributed by atoms with Gasteiger partial charge in [-0.25, -0.2) is 17.9 Å². The molecule has 1 aliphatic heterocycles. The van der Waals surface area contributed by atoms with Crippen molar-refractivity contribution in [2.45, 2.75) is 32.0 Å². The van der Waals surface area contributed by atoms with E-state index in [1.807, 2.05) is 0 Å². The van der Waals surface area contributed by atoms with Crippen molar-refractivity contribution in [1.29, 1.82) is 0 Å². The Morgan fingerprint density at radius 3 is 2.68 bits per heavy atom. The third kappa shape index (κ3) is 2.32. The highest BCUT2D eigenvalue weighted by Gasteiger charge is 2.46. The summed E-state index contributed by atoms with van der Waals surface area (Å²) in [6, 6.07) is 1.40. The minimum Gasteiger partial charge on any atom is -0.325 e. The highest BCUT2D eigenvalue weighted by molar-refractivity contribution is 5.96. The molecule has 0 aliphatic carbocycles. The van der Waals surface area contributed by atoms with Crippen LogP contribution >= 0.6 is 0 Å². The summed E-state index contributed by atoms with van der Waals surface area (Å²) in [7, 11) is 0. The molecule has 22 heavy (non-hydrogen) atoms. The largest absolute Gasteiger partial charge is 0.325 e. The Morgan fingerprint density at radius 1 is 1.41 bits per heavy atom. The molecule has 0 aromatic carbocycles. The van der Waals surface area contributed by atoms with Crippen molar-refractivity contribution >= 4 is 16.8 Å². The minimum atomic E-state index is -2.83. The molecule has 5 nitrogen and oxygen atoms in total. The fraction of sp³-hybridized carbons (Fsp3) is 0.500. The standard InChI is InChI=1S/C14H15F3N4O/c1-3-13(2,15)21-11-4-10(18-5-9(11)6-19-21)12(22)20-7-14(16,17)8-20/h4-6H,3,7-8H2,1-2H3. The fourth-order valence-corrected chi connectivity index (χ4v) is 2.38. The van der Waals surface area contributed by atoms with Crippen molar-refractivity contribution in [1.82, 2.24) is 19.7 Å². The number of fused-ring (bicyclic) bond motifs is 1. The SMILES string of the molecule is CCC(C)(F)n1ncc2cnc(C(=O)N3CC(F)(F)C3)cc21. The van der Waals surface area contributed by atoms with Gasteiger partial charge >= 0.3 is 0 Å². The van der Waals surface area contributed by atoms with E-state index in [2.05, 4.69) is 10.1 Å². The number of hydrogen-bond donors (Lipinski definition) is 0. The van der Waals surface area contributed by atoms with Crippen molar-refractivity contribution in [3.63, 3.8) is 0 Å². The number of alkyl halides is 3. The van der Waals surface area contributed by atoms with Crippen LogP contribution in [0.2, 0.25) is 0 Å². The van der Waals surface area contributed by atoms with Crippen LogP contribution in [0.25, 0.3) is 10.9 Å². The van der Waals surface area contributed by atoms with Crippen molar-refractivity contribution in [2.24, 2.45) is 0 Å². The molecular weight excluding hydrogens is 297 g/mol. The lowest BCUT2D eigenvalue weighted by Gasteiger charge is -2.38. The Balaban J connectivity index is 1.96. The molecule has 0 bridgehead atoms. The highest BCUT2D eigenvalue weighted by atomic mass is 19.3. The molecule has 0 radical (unpaired) electrons. The predicted molar refractivity (Wildman–Crippen MR) is 73.4 cm³/mol. The zero-order chi connectivity index (χ0) is 16.1. The van der Waals surface area contributed by atoms with Crippen LogP contribution < -0.4 is 0 Å². The first kappa shape index (κ1) is 14.8. The van der Waals surface area contributed by atoms with E-state index >= 15 is 0 Å². The number of rotatable bonds is 3. The topological polar surface area (TPSA) is 51.0 Å². The van der Waals surface area contributed by atoms with Gasteiger partial charge in [-0.15, -0.1) is 0 Å². The van der Waals surface area contributed by atoms with E-state index in [4.69, 9.17) is 0 Å². The lowest BCUT2D eigenvalue weighted by molar-refractivity contribution is -0.113. The molecule has 8 heteroatoms. The second-order valence-electron chi connectivity index (χ2n) is 5.70. The van der Waals surface area contributed by atoms with Gasteiger partial charge in [0.05, 0.1) is 24.8 Å². The molecule has 118 valence electrons. The van der Waals surface area contributed by atoms with Crippen LogP contribution in [0.5, 0.6) is 0 Å². The summed E-state index contributed by atoms with van der Waals surface area (Å²) in [4.78, 5) is 17.1. The monoisotopic (exact) mass is 312 g/mol. The minimum absolute atomic E-state index is 0.0108. The molecule has 2 aromatic heterocycles. The summed E-state index contributed by atoms with van der Waals surface area (Å²) in [6.07, 6.45) is 3.06. The maximum atomic E-state index is 14.5. The van der Waals surface area contributed by atoms with Crippen LogP contribution in [0.3, 0.4) is 0 Å². The summed E-state index contributed by atoms with van der Waals surface area (Å²) in [5, 5.41) is 4.58. The van der Waals surface area contributed by atoms with Crippen LogP contribution in [0.1, 0.15) is 30.8 Å². The summed E-state index contributed by atoms with van der Waals surface area (Å²) in [5.41, 5.74) is 0.425. The van der Waals surface area contributed by atoms with E-state index < -0.39 is 30.7 Å². The number of amides is 1. The maximum absolute atomic E-state index is 14.5. The molecule has 3 heterocycles. The molecule has 1 atom stereocenters. The van der Waals surface area contributed by atoms with Gasteiger partial charge in [-0.3, -0.25) is 9.78 Å². The molecule has 1 saturated heterocycles. The molecule has 1 unspecified atom stereocenters. The zero-order valence-electron chi connectivity index (χ0n) is 12.2. The third-order valence-corrected chi connectivity index (χ3v) is 3.89. The predicted octanol–water partition coefficient (Wildman–Crippen LogP) is 2.57. The third-order valence-electron chi connectivity index (χ3n) is 3.89. The van der Waals surface area contributed by atoms with E-state index in [1.54, 1.807) is 6.92 Å². The number of nitrogens with zero attached hydrogens (tertiary/aromatic N) is 4. The van der Waals surface area contributed by atoms with Crippen LogP contribution in [0.15, 0.2) is 18.5 Å². The van der Waals surface area contributed by atoms with E-state index in [9.17, 15) is 18.0 Å². The average molecular weight is 312 g/mol. The van der Waals surface area contributed by atoms with Crippen LogP contribution in [-0.4, -0.2) is 44.6 Å². The first-order valence-corrected chi connectivity index (χ1v) is 6.94. The molecule has 1 fully saturated rings. The van der Waals surface area contributed by atoms with Gasteiger partial charge in [0.2, 0.25) is 0 Å². The van der Waals surface area contributed by atoms with Crippen molar-refractivity contribution in [3.8, 4) is 0 Å². The Kier molecular flexibility index (Phi) is 3.15. The molecule has 0 spiro atoms. The molecule has 1 aliphatic rings. The van der Waals surface area contributed by atoms with Crippen molar-refractivity contribution in [2.75, 3.05) is 13.1 Å². The molecule has 2 aromatic rings. The van der Waals surface area contributed by atoms with Gasteiger partial charge in [0.25, 0.3) is 11.8 Å². The second kappa shape index (κ2) is 4.69. The van der Waals surface area contributed by atoms with Crippen LogP contribution in [0, 0.1) is 0 Å². The summed E-state index contributed by atoms with van der Waals surface area (Å²) in [6.45, 7) is 1.85. The van der Waals surface area contributed by atoms with Crippen LogP contribution in [-0.2, 0) is 5.79 Å². The molecule has 3 rings (SSSR count). The zero-order valence-corrected chi connectivity index (χ0v) is 12.2. The Hall–Kier alpha value is -2.12. The van der Waals surface area contributed by atoms with Gasteiger partial charge < -0.3 is 4.90 Å². The van der Waals surface area contributed by atoms with E-state index in [0.717, 1.165) is 4.90 Å². The smallest absolute Gasteiger partial charge is 0.282 e. The number of aromatic nitrogens is 3. The van der Waals surface area contributed by atoms with Gasteiger partial charge in [0.1, 0.15) is 5.69 Å². The second-order valence-corrected chi connectivity index (χ2v) is 5.70. The summed E-state index contributed by atoms with van der Waals surface area (Å²) >= 11 is 0. The molecule has 0 N–H and O–H groups in total. The van der Waals surface area contributed by atoms with Gasteiger partial charge in [-0.2, -0.15) is 5.10 Å². The van der Waals surface area contributed by atoms with E-state index in [1.165, 1.54) is 30.1 Å². The number of likely N-dealkylation sites (tertiary alicyclic amines) is 1. The normalized spacial score (nSPS) is 19.8. The highest BCUT2D eigenvalue weighted by Crippen LogP contribution is 2.29. The number of pyridine rings is 1. The van der Waals surface area contributed by atoms with Gasteiger partial charge in [-0.1, -0.05) is 6.92 Å². The van der Waals surface area contributed by atoms with E-state index in [0.29, 0.717) is 10.9 Å². The molecule has 0 saturated carbocycles. The van der Waals surface area contributed by atoms with Gasteiger partial charge in [0.15, 0.2) is 5.79 Å². The molecular formula is C14H15F3N4O. The van der Waals surface area contributed by atoms with Crippen molar-refractivity contribution in [3.05, 3.63) is 24.2 Å². The number of carbonyl (C=O) groups is 1. The maximum Gasteiger partial charge on any atom is 0.282 e.